The molecule has 2 atom stereocenters. The molecule has 206 valence electrons. The molecular formula is C27H28F2N4O6. The van der Waals surface area contributed by atoms with E-state index >= 15 is 0 Å². The molecule has 2 aliphatic heterocycles. The van der Waals surface area contributed by atoms with Crippen LogP contribution in [0.3, 0.4) is 0 Å². The number of benzene rings is 2. The fourth-order valence-corrected chi connectivity index (χ4v) is 5.06. The monoisotopic (exact) mass is 542 g/mol. The summed E-state index contributed by atoms with van der Waals surface area (Å²) < 4.78 is 40.8. The van der Waals surface area contributed by atoms with E-state index in [1.54, 1.807) is 14.0 Å². The Hall–Kier alpha value is -4.19. The summed E-state index contributed by atoms with van der Waals surface area (Å²) in [5.41, 5.74) is -0.248. The molecule has 5 rings (SSSR count). The Labute approximate surface area is 222 Å². The van der Waals surface area contributed by atoms with E-state index in [2.05, 4.69) is 10.2 Å². The van der Waals surface area contributed by atoms with Gasteiger partial charge >= 0.3 is 0 Å². The first-order valence-corrected chi connectivity index (χ1v) is 12.5. The fraction of sp³-hybridized carbons (Fsp3) is 0.370. The van der Waals surface area contributed by atoms with E-state index in [0.29, 0.717) is 31.9 Å². The first-order chi connectivity index (χ1) is 18.7. The van der Waals surface area contributed by atoms with Crippen molar-refractivity contribution in [1.29, 1.82) is 0 Å². The highest BCUT2D eigenvalue weighted by molar-refractivity contribution is 6.00. The van der Waals surface area contributed by atoms with Crippen LogP contribution in [0.15, 0.2) is 41.3 Å². The van der Waals surface area contributed by atoms with Crippen LogP contribution in [-0.4, -0.2) is 78.9 Å². The van der Waals surface area contributed by atoms with Crippen molar-refractivity contribution >= 4 is 28.4 Å². The number of halogens is 2. The van der Waals surface area contributed by atoms with Crippen LogP contribution < -0.4 is 25.1 Å². The number of anilines is 1. The summed E-state index contributed by atoms with van der Waals surface area (Å²) in [6.07, 6.45) is 1.25. The number of nitrogens with zero attached hydrogens (tertiary/aromatic N) is 3. The van der Waals surface area contributed by atoms with Crippen molar-refractivity contribution in [2.75, 3.05) is 51.4 Å². The minimum atomic E-state index is -1.30. The normalized spacial score (nSPS) is 17.5. The van der Waals surface area contributed by atoms with E-state index in [4.69, 9.17) is 9.47 Å². The van der Waals surface area contributed by atoms with Gasteiger partial charge in [-0.1, -0.05) is 12.1 Å². The highest BCUT2D eigenvalue weighted by atomic mass is 19.2. The third kappa shape index (κ3) is 4.65. The second-order valence-corrected chi connectivity index (χ2v) is 9.53. The predicted octanol–water partition coefficient (Wildman–Crippen LogP) is 1.68. The number of aliphatic hydroxyl groups excluding tert-OH is 1. The number of carbonyl (C=O) groups excluding carboxylic acids is 2. The van der Waals surface area contributed by atoms with Crippen LogP contribution >= 0.6 is 0 Å². The summed E-state index contributed by atoms with van der Waals surface area (Å²) in [6, 6.07) is 6.61. The second-order valence-electron chi connectivity index (χ2n) is 9.53. The van der Waals surface area contributed by atoms with Crippen LogP contribution in [0.1, 0.15) is 23.3 Å². The Balaban J connectivity index is 1.35. The van der Waals surface area contributed by atoms with Crippen molar-refractivity contribution in [3.63, 3.8) is 0 Å². The van der Waals surface area contributed by atoms with Crippen molar-refractivity contribution in [1.82, 2.24) is 14.8 Å². The summed E-state index contributed by atoms with van der Waals surface area (Å²) in [6.45, 7) is 2.77. The van der Waals surface area contributed by atoms with Crippen molar-refractivity contribution in [3.8, 4) is 11.5 Å². The van der Waals surface area contributed by atoms with Crippen molar-refractivity contribution in [2.45, 2.75) is 19.0 Å². The molecular weight excluding hydrogens is 514 g/mol. The number of piperazine rings is 1. The predicted molar refractivity (Wildman–Crippen MR) is 138 cm³/mol. The van der Waals surface area contributed by atoms with Crippen LogP contribution in [0.2, 0.25) is 0 Å². The zero-order chi connectivity index (χ0) is 27.8. The molecule has 12 heteroatoms. The number of nitrogens with one attached hydrogen (secondary N) is 1. The van der Waals surface area contributed by atoms with Gasteiger partial charge in [-0.3, -0.25) is 14.4 Å². The summed E-state index contributed by atoms with van der Waals surface area (Å²) in [7, 11) is 1.59. The lowest BCUT2D eigenvalue weighted by Gasteiger charge is -2.37. The van der Waals surface area contributed by atoms with Gasteiger partial charge < -0.3 is 34.3 Å². The van der Waals surface area contributed by atoms with Gasteiger partial charge in [0.2, 0.25) is 17.2 Å². The van der Waals surface area contributed by atoms with Gasteiger partial charge in [0, 0.05) is 32.4 Å². The topological polar surface area (TPSA) is 113 Å². The Morgan fingerprint density at radius 1 is 1.21 bits per heavy atom. The molecule has 0 spiro atoms. The number of ether oxygens (including phenoxy) is 2. The van der Waals surface area contributed by atoms with Crippen LogP contribution in [-0.2, 0) is 4.79 Å². The lowest BCUT2D eigenvalue weighted by atomic mass is 10.1. The number of carbonyl (C=O) groups is 2. The molecule has 3 heterocycles. The first kappa shape index (κ1) is 26.4. The maximum atomic E-state index is 14.3. The molecule has 2 amide bonds. The number of para-hydroxylation sites is 2. The maximum absolute atomic E-state index is 14.3. The number of aromatic nitrogens is 1. The molecule has 1 fully saturated rings. The number of pyridine rings is 1. The van der Waals surface area contributed by atoms with E-state index in [1.165, 1.54) is 15.7 Å². The van der Waals surface area contributed by atoms with Crippen LogP contribution in [0.25, 0.3) is 10.9 Å². The Morgan fingerprint density at radius 2 is 1.92 bits per heavy atom. The number of rotatable bonds is 6. The molecule has 39 heavy (non-hydrogen) atoms. The van der Waals surface area contributed by atoms with Crippen molar-refractivity contribution in [2.24, 2.45) is 0 Å². The van der Waals surface area contributed by atoms with E-state index < -0.39 is 41.5 Å². The maximum Gasteiger partial charge on any atom is 0.257 e. The molecule has 0 saturated carbocycles. The quantitative estimate of drug-likeness (QED) is 0.487. The zero-order valence-electron chi connectivity index (χ0n) is 21.4. The lowest BCUT2D eigenvalue weighted by molar-refractivity contribution is -0.134. The van der Waals surface area contributed by atoms with E-state index in [-0.39, 0.29) is 34.9 Å². The molecule has 2 aliphatic rings. The van der Waals surface area contributed by atoms with Gasteiger partial charge in [0.15, 0.2) is 11.6 Å². The van der Waals surface area contributed by atoms with Crippen molar-refractivity contribution in [3.05, 3.63) is 63.9 Å². The number of hydrogen-bond acceptors (Lipinski definition) is 7. The minimum absolute atomic E-state index is 0.00495. The van der Waals surface area contributed by atoms with Gasteiger partial charge in [-0.25, -0.2) is 4.39 Å². The molecule has 0 radical (unpaired) electrons. The van der Waals surface area contributed by atoms with Gasteiger partial charge in [0.05, 0.1) is 36.3 Å². The van der Waals surface area contributed by atoms with E-state index in [1.807, 2.05) is 24.3 Å². The van der Waals surface area contributed by atoms with Crippen LogP contribution in [0.5, 0.6) is 11.5 Å². The third-order valence-electron chi connectivity index (χ3n) is 7.16. The molecule has 2 aromatic carbocycles. The van der Waals surface area contributed by atoms with E-state index in [9.17, 15) is 28.3 Å². The number of methoxy groups -OCH3 is 1. The van der Waals surface area contributed by atoms with Gasteiger partial charge in [-0.2, -0.15) is 4.39 Å². The summed E-state index contributed by atoms with van der Waals surface area (Å²) in [4.78, 5) is 43.1. The van der Waals surface area contributed by atoms with Gasteiger partial charge in [-0.15, -0.1) is 0 Å². The smallest absolute Gasteiger partial charge is 0.257 e. The first-order valence-electron chi connectivity index (χ1n) is 12.5. The number of hydrogen-bond donors (Lipinski definition) is 2. The highest BCUT2D eigenvalue weighted by Crippen LogP contribution is 2.35. The molecule has 2 unspecified atom stereocenters. The van der Waals surface area contributed by atoms with Gasteiger partial charge in [0.1, 0.15) is 24.0 Å². The average molecular weight is 543 g/mol. The second kappa shape index (κ2) is 10.5. The highest BCUT2D eigenvalue weighted by Gasteiger charge is 2.32. The average Bonchev–Trinajstić information content (AvgIpc) is 2.96. The standard InChI is InChI=1S/C27H28F2N4O6/c1-15-14-39-25-22(29)18(28)11-16-23(25)33(15)12-17(24(16)35)26(36)30-19(13-34)27(37)32-9-7-31(8-10-32)20-5-3-4-6-21(20)38-2/h3-6,11-12,15,19,34H,7-10,13-14H2,1-2H3,(H,30,36). The van der Waals surface area contributed by atoms with Gasteiger partial charge in [-0.05, 0) is 25.1 Å². The molecule has 0 aliphatic carbocycles. The fourth-order valence-electron chi connectivity index (χ4n) is 5.06. The third-order valence-corrected chi connectivity index (χ3v) is 7.16. The Kier molecular flexibility index (Phi) is 7.13. The van der Waals surface area contributed by atoms with E-state index in [0.717, 1.165) is 11.8 Å². The summed E-state index contributed by atoms with van der Waals surface area (Å²) in [5, 5.41) is 12.2. The number of amides is 2. The largest absolute Gasteiger partial charge is 0.495 e. The molecule has 1 aromatic heterocycles. The minimum Gasteiger partial charge on any atom is -0.495 e. The molecule has 0 bridgehead atoms. The van der Waals surface area contributed by atoms with Gasteiger partial charge in [0.25, 0.3) is 5.91 Å². The zero-order valence-corrected chi connectivity index (χ0v) is 21.4. The Morgan fingerprint density at radius 3 is 2.62 bits per heavy atom. The molecule has 1 saturated heterocycles. The van der Waals surface area contributed by atoms with Crippen LogP contribution in [0.4, 0.5) is 14.5 Å². The molecule has 3 aromatic rings. The number of aliphatic hydroxyl groups is 1. The van der Waals surface area contributed by atoms with Crippen molar-refractivity contribution < 1.29 is 33.0 Å². The SMILES string of the molecule is COc1ccccc1N1CCN(C(=O)C(CO)NC(=O)c2cn3c4c(c(F)c(F)cc4c2=O)OCC3C)CC1. The molecule has 10 nitrogen and oxygen atoms in total. The lowest BCUT2D eigenvalue weighted by Crippen LogP contribution is -2.56. The summed E-state index contributed by atoms with van der Waals surface area (Å²) in [5.74, 6) is -3.56. The Bertz CT molecular complexity index is 1500. The summed E-state index contributed by atoms with van der Waals surface area (Å²) >= 11 is 0. The molecule has 2 N–H and O–H groups in total. The van der Waals surface area contributed by atoms with Crippen LogP contribution in [0, 0.1) is 11.6 Å².